The van der Waals surface area contributed by atoms with E-state index in [4.69, 9.17) is 0 Å². The Bertz CT molecular complexity index is 642. The third kappa shape index (κ3) is 3.67. The van der Waals surface area contributed by atoms with E-state index in [9.17, 15) is 19.5 Å². The summed E-state index contributed by atoms with van der Waals surface area (Å²) >= 11 is 0.759. The van der Waals surface area contributed by atoms with Gasteiger partial charge in [-0.25, -0.2) is 0 Å². The first kappa shape index (κ1) is 16.1. The summed E-state index contributed by atoms with van der Waals surface area (Å²) in [6, 6.07) is 6.51. The predicted octanol–water partition coefficient (Wildman–Crippen LogP) is 1.95. The van der Waals surface area contributed by atoms with Crippen LogP contribution in [0.4, 0.5) is 4.79 Å². The second-order valence-corrected chi connectivity index (χ2v) is 5.67. The molecule has 0 radical (unpaired) electrons. The van der Waals surface area contributed by atoms with E-state index in [0.717, 1.165) is 23.1 Å². The Labute approximate surface area is 132 Å². The lowest BCUT2D eigenvalue weighted by molar-refractivity contribution is -0.129. The van der Waals surface area contributed by atoms with Crippen LogP contribution in [-0.2, 0) is 9.59 Å². The highest BCUT2D eigenvalue weighted by atomic mass is 32.2. The number of carbonyl (C=O) groups excluding carboxylic acids is 3. The Morgan fingerprint density at radius 1 is 1.36 bits per heavy atom. The summed E-state index contributed by atoms with van der Waals surface area (Å²) in [5, 5.41) is 11.8. The summed E-state index contributed by atoms with van der Waals surface area (Å²) in [6.45, 7) is 2.13. The van der Waals surface area contributed by atoms with Crippen LogP contribution in [0.25, 0.3) is 6.08 Å². The fourth-order valence-electron chi connectivity index (χ4n) is 1.85. The van der Waals surface area contributed by atoms with Gasteiger partial charge in [-0.3, -0.25) is 19.3 Å². The largest absolute Gasteiger partial charge is 0.507 e. The number of imide groups is 1. The first-order valence-corrected chi connectivity index (χ1v) is 7.64. The van der Waals surface area contributed by atoms with Crippen LogP contribution in [0.1, 0.15) is 18.9 Å². The van der Waals surface area contributed by atoms with Gasteiger partial charge in [0.1, 0.15) is 12.3 Å². The highest BCUT2D eigenvalue weighted by molar-refractivity contribution is 8.18. The van der Waals surface area contributed by atoms with E-state index in [2.05, 4.69) is 5.32 Å². The molecule has 2 rings (SSSR count). The molecule has 0 unspecified atom stereocenters. The summed E-state index contributed by atoms with van der Waals surface area (Å²) in [5.41, 5.74) is 0.448. The summed E-state index contributed by atoms with van der Waals surface area (Å²) in [7, 11) is 0. The zero-order valence-corrected chi connectivity index (χ0v) is 12.9. The molecule has 1 aliphatic rings. The highest BCUT2D eigenvalue weighted by Gasteiger charge is 2.36. The summed E-state index contributed by atoms with van der Waals surface area (Å²) in [5.74, 6) is -0.868. The Morgan fingerprint density at radius 2 is 2.09 bits per heavy atom. The van der Waals surface area contributed by atoms with Gasteiger partial charge in [-0.2, -0.15) is 0 Å². The molecule has 2 N–H and O–H groups in total. The molecule has 6 nitrogen and oxygen atoms in total. The lowest BCUT2D eigenvalue weighted by Crippen LogP contribution is -2.39. The van der Waals surface area contributed by atoms with Gasteiger partial charge >= 0.3 is 0 Å². The topological polar surface area (TPSA) is 86.7 Å². The Morgan fingerprint density at radius 3 is 2.77 bits per heavy atom. The first-order chi connectivity index (χ1) is 10.5. The van der Waals surface area contributed by atoms with Crippen molar-refractivity contribution in [2.45, 2.75) is 13.3 Å². The van der Waals surface area contributed by atoms with E-state index in [1.54, 1.807) is 18.2 Å². The van der Waals surface area contributed by atoms with Gasteiger partial charge in [-0.1, -0.05) is 25.1 Å². The third-order valence-corrected chi connectivity index (χ3v) is 3.88. The Kier molecular flexibility index (Phi) is 5.21. The molecule has 1 heterocycles. The van der Waals surface area contributed by atoms with Crippen molar-refractivity contribution in [3.8, 4) is 5.75 Å². The van der Waals surface area contributed by atoms with Crippen LogP contribution in [0.2, 0.25) is 0 Å². The number of nitrogens with zero attached hydrogens (tertiary/aromatic N) is 1. The molecule has 1 aromatic carbocycles. The van der Waals surface area contributed by atoms with Crippen molar-refractivity contribution in [2.24, 2.45) is 0 Å². The molecule has 0 saturated carbocycles. The van der Waals surface area contributed by atoms with Crippen molar-refractivity contribution >= 4 is 34.9 Å². The number of carbonyl (C=O) groups is 3. The molecule has 3 amide bonds. The van der Waals surface area contributed by atoms with E-state index in [1.165, 1.54) is 12.1 Å². The van der Waals surface area contributed by atoms with E-state index in [1.807, 2.05) is 6.92 Å². The number of amides is 3. The monoisotopic (exact) mass is 320 g/mol. The van der Waals surface area contributed by atoms with Crippen LogP contribution < -0.4 is 5.32 Å². The van der Waals surface area contributed by atoms with Gasteiger partial charge in [-0.15, -0.1) is 0 Å². The zero-order chi connectivity index (χ0) is 16.1. The van der Waals surface area contributed by atoms with Crippen molar-refractivity contribution in [2.75, 3.05) is 13.1 Å². The first-order valence-electron chi connectivity index (χ1n) is 6.83. The number of nitrogens with one attached hydrogen (secondary N) is 1. The van der Waals surface area contributed by atoms with Crippen LogP contribution in [0, 0.1) is 0 Å². The lowest BCUT2D eigenvalue weighted by Gasteiger charge is -2.11. The molecule has 1 fully saturated rings. The predicted molar refractivity (Wildman–Crippen MR) is 84.1 cm³/mol. The second kappa shape index (κ2) is 7.13. The number of rotatable bonds is 5. The number of phenols is 1. The minimum absolute atomic E-state index is 0.0231. The summed E-state index contributed by atoms with van der Waals surface area (Å²) in [6.07, 6.45) is 2.23. The van der Waals surface area contributed by atoms with E-state index >= 15 is 0 Å². The summed E-state index contributed by atoms with van der Waals surface area (Å²) < 4.78 is 0. The number of thioether (sulfide) groups is 1. The van der Waals surface area contributed by atoms with E-state index in [-0.39, 0.29) is 23.1 Å². The quantitative estimate of drug-likeness (QED) is 0.810. The maximum atomic E-state index is 12.2. The van der Waals surface area contributed by atoms with Crippen molar-refractivity contribution < 1.29 is 19.5 Å². The van der Waals surface area contributed by atoms with Gasteiger partial charge < -0.3 is 10.4 Å². The fraction of sp³-hybridized carbons (Fsp3) is 0.267. The van der Waals surface area contributed by atoms with Crippen molar-refractivity contribution in [3.05, 3.63) is 34.7 Å². The van der Waals surface area contributed by atoms with Gasteiger partial charge in [0.25, 0.3) is 11.1 Å². The van der Waals surface area contributed by atoms with Gasteiger partial charge in [0, 0.05) is 12.1 Å². The van der Waals surface area contributed by atoms with Crippen molar-refractivity contribution in [3.63, 3.8) is 0 Å². The smallest absolute Gasteiger partial charge is 0.294 e. The molecule has 0 atom stereocenters. The number of aromatic hydroxyl groups is 1. The minimum Gasteiger partial charge on any atom is -0.507 e. The number of hydrogen-bond acceptors (Lipinski definition) is 5. The van der Waals surface area contributed by atoms with Gasteiger partial charge in [0.05, 0.1) is 4.91 Å². The highest BCUT2D eigenvalue weighted by Crippen LogP contribution is 2.33. The number of hydrogen-bond donors (Lipinski definition) is 2. The van der Waals surface area contributed by atoms with E-state index < -0.39 is 11.1 Å². The van der Waals surface area contributed by atoms with Crippen LogP contribution in [0.5, 0.6) is 5.75 Å². The zero-order valence-electron chi connectivity index (χ0n) is 12.0. The number of para-hydroxylation sites is 1. The fourth-order valence-corrected chi connectivity index (χ4v) is 2.68. The number of phenolic OH excluding ortho intramolecular Hbond substituents is 1. The summed E-state index contributed by atoms with van der Waals surface area (Å²) in [4.78, 5) is 36.8. The van der Waals surface area contributed by atoms with Gasteiger partial charge in [0.2, 0.25) is 5.91 Å². The van der Waals surface area contributed by atoms with Crippen molar-refractivity contribution in [1.29, 1.82) is 0 Å². The molecule has 116 valence electrons. The number of benzene rings is 1. The standard InChI is InChI=1S/C15H16N2O4S/c1-2-7-16-13(19)9-17-14(20)12(22-15(17)21)8-10-5-3-4-6-11(10)18/h3-6,8,18H,2,7,9H2,1H3,(H,16,19)/b12-8-. The maximum Gasteiger partial charge on any atom is 0.294 e. The van der Waals surface area contributed by atoms with Crippen LogP contribution >= 0.6 is 11.8 Å². The lowest BCUT2D eigenvalue weighted by atomic mass is 10.2. The SMILES string of the molecule is CCCNC(=O)CN1C(=O)S/C(=C\c2ccccc2O)C1=O. The van der Waals surface area contributed by atoms with Crippen LogP contribution in [-0.4, -0.2) is 40.1 Å². The Hall–Kier alpha value is -2.28. The van der Waals surface area contributed by atoms with Gasteiger partial charge in [0.15, 0.2) is 0 Å². The molecule has 1 aromatic rings. The molecule has 1 saturated heterocycles. The average molecular weight is 320 g/mol. The molecule has 7 heteroatoms. The van der Waals surface area contributed by atoms with Crippen LogP contribution in [0.15, 0.2) is 29.2 Å². The molecule has 0 aliphatic carbocycles. The Balaban J connectivity index is 2.12. The molecule has 0 spiro atoms. The average Bonchev–Trinajstić information content (AvgIpc) is 2.75. The molecule has 0 bridgehead atoms. The van der Waals surface area contributed by atoms with Gasteiger partial charge in [-0.05, 0) is 30.3 Å². The minimum atomic E-state index is -0.523. The van der Waals surface area contributed by atoms with Crippen molar-refractivity contribution in [1.82, 2.24) is 10.2 Å². The maximum absolute atomic E-state index is 12.2. The molecule has 22 heavy (non-hydrogen) atoms. The molecular weight excluding hydrogens is 304 g/mol. The normalized spacial score (nSPS) is 16.4. The van der Waals surface area contributed by atoms with E-state index in [0.29, 0.717) is 12.1 Å². The second-order valence-electron chi connectivity index (χ2n) is 4.68. The third-order valence-electron chi connectivity index (χ3n) is 2.97. The molecular formula is C15H16N2O4S. The molecule has 0 aromatic heterocycles. The van der Waals surface area contributed by atoms with Crippen LogP contribution in [0.3, 0.4) is 0 Å². The molecule has 1 aliphatic heterocycles.